The first-order chi connectivity index (χ1) is 8.97. The molecule has 0 radical (unpaired) electrons. The summed E-state index contributed by atoms with van der Waals surface area (Å²) in [6.45, 7) is 10.2. The van der Waals surface area contributed by atoms with Crippen molar-refractivity contribution in [1.29, 1.82) is 5.26 Å². The second-order valence-electron chi connectivity index (χ2n) is 6.99. The molecule has 2 aliphatic rings. The van der Waals surface area contributed by atoms with E-state index in [1.165, 1.54) is 25.8 Å². The first kappa shape index (κ1) is 14.8. The number of hydrogen-bond donors (Lipinski definition) is 1. The summed E-state index contributed by atoms with van der Waals surface area (Å²) in [6, 6.07) is 4.23. The molecule has 0 aromatic carbocycles. The van der Waals surface area contributed by atoms with Crippen molar-refractivity contribution in [2.24, 2.45) is 5.92 Å². The van der Waals surface area contributed by atoms with Gasteiger partial charge in [-0.1, -0.05) is 6.92 Å². The lowest BCUT2D eigenvalue weighted by Gasteiger charge is -2.42. The zero-order chi connectivity index (χ0) is 14.0. The first-order valence-corrected chi connectivity index (χ1v) is 7.92. The summed E-state index contributed by atoms with van der Waals surface area (Å²) in [5.74, 6) is 0.795. The number of likely N-dealkylation sites (tertiary alicyclic amines) is 1. The van der Waals surface area contributed by atoms with Crippen LogP contribution < -0.4 is 5.32 Å². The van der Waals surface area contributed by atoms with E-state index < -0.39 is 0 Å². The van der Waals surface area contributed by atoms with E-state index >= 15 is 0 Å². The maximum Gasteiger partial charge on any atom is 0.108 e. The lowest BCUT2D eigenvalue weighted by atomic mass is 9.90. The van der Waals surface area contributed by atoms with E-state index in [9.17, 15) is 5.26 Å². The summed E-state index contributed by atoms with van der Waals surface area (Å²) in [4.78, 5) is 2.68. The summed E-state index contributed by atoms with van der Waals surface area (Å²) in [6.07, 6.45) is 5.85. The molecule has 3 heteroatoms. The van der Waals surface area contributed by atoms with Gasteiger partial charge in [0.25, 0.3) is 0 Å². The fourth-order valence-corrected chi connectivity index (χ4v) is 4.00. The second kappa shape index (κ2) is 5.81. The highest BCUT2D eigenvalue weighted by atomic mass is 15.2. The van der Waals surface area contributed by atoms with Crippen LogP contribution in [0.25, 0.3) is 0 Å². The predicted octanol–water partition coefficient (Wildman–Crippen LogP) is 2.92. The van der Waals surface area contributed by atoms with E-state index in [4.69, 9.17) is 0 Å². The van der Waals surface area contributed by atoms with Gasteiger partial charge in [-0.05, 0) is 65.3 Å². The van der Waals surface area contributed by atoms with Crippen LogP contribution >= 0.6 is 0 Å². The Morgan fingerprint density at radius 3 is 2.68 bits per heavy atom. The molecule has 108 valence electrons. The van der Waals surface area contributed by atoms with Gasteiger partial charge in [0.15, 0.2) is 0 Å². The van der Waals surface area contributed by atoms with Crippen molar-refractivity contribution in [2.75, 3.05) is 6.54 Å². The Hall–Kier alpha value is -0.590. The van der Waals surface area contributed by atoms with Gasteiger partial charge in [-0.25, -0.2) is 0 Å². The number of piperidine rings is 1. The summed E-state index contributed by atoms with van der Waals surface area (Å²) in [5, 5.41) is 13.1. The van der Waals surface area contributed by atoms with E-state index in [2.05, 4.69) is 44.0 Å². The van der Waals surface area contributed by atoms with Crippen molar-refractivity contribution in [3.63, 3.8) is 0 Å². The average Bonchev–Trinajstić information content (AvgIpc) is 2.76. The van der Waals surface area contributed by atoms with Crippen molar-refractivity contribution in [3.05, 3.63) is 0 Å². The highest BCUT2D eigenvalue weighted by molar-refractivity contribution is 5.14. The molecule has 3 nitrogen and oxygen atoms in total. The molecule has 1 N–H and O–H groups in total. The van der Waals surface area contributed by atoms with E-state index in [-0.39, 0.29) is 5.54 Å². The smallest absolute Gasteiger partial charge is 0.108 e. The Balaban J connectivity index is 2.03. The Labute approximate surface area is 118 Å². The molecule has 0 amide bonds. The van der Waals surface area contributed by atoms with Crippen molar-refractivity contribution in [2.45, 2.75) is 83.5 Å². The van der Waals surface area contributed by atoms with E-state index in [1.807, 2.05) is 0 Å². The van der Waals surface area contributed by atoms with E-state index in [0.717, 1.165) is 18.8 Å². The zero-order valence-corrected chi connectivity index (χ0v) is 12.9. The van der Waals surface area contributed by atoms with Crippen molar-refractivity contribution < 1.29 is 0 Å². The molecule has 1 saturated carbocycles. The fourth-order valence-electron chi connectivity index (χ4n) is 4.00. The normalized spacial score (nSPS) is 40.5. The number of rotatable bonds is 3. The molecule has 1 aliphatic heterocycles. The largest absolute Gasteiger partial charge is 0.297 e. The SMILES string of the molecule is CC(C)NC1(C#N)CCC(N2CCCC(C)C2C)C1. The molecular weight excluding hydrogens is 234 g/mol. The van der Waals surface area contributed by atoms with Crippen LogP contribution in [0.5, 0.6) is 0 Å². The molecule has 0 aromatic rings. The highest BCUT2D eigenvalue weighted by Crippen LogP contribution is 2.37. The molecule has 0 aromatic heterocycles. The van der Waals surface area contributed by atoms with Crippen LogP contribution in [0, 0.1) is 17.2 Å². The number of hydrogen-bond acceptors (Lipinski definition) is 3. The topological polar surface area (TPSA) is 39.1 Å². The van der Waals surface area contributed by atoms with Crippen LogP contribution in [-0.4, -0.2) is 35.1 Å². The van der Waals surface area contributed by atoms with Gasteiger partial charge in [0.1, 0.15) is 5.54 Å². The number of nitrogens with one attached hydrogen (secondary N) is 1. The van der Waals surface area contributed by atoms with Gasteiger partial charge in [-0.3, -0.25) is 10.2 Å². The third-order valence-corrected chi connectivity index (χ3v) is 5.16. The second-order valence-corrected chi connectivity index (χ2v) is 6.99. The van der Waals surface area contributed by atoms with Crippen molar-refractivity contribution >= 4 is 0 Å². The van der Waals surface area contributed by atoms with Gasteiger partial charge in [-0.15, -0.1) is 0 Å². The number of nitrogens with zero attached hydrogens (tertiary/aromatic N) is 2. The molecule has 1 heterocycles. The van der Waals surface area contributed by atoms with Gasteiger partial charge in [0, 0.05) is 18.1 Å². The zero-order valence-electron chi connectivity index (χ0n) is 12.9. The first-order valence-electron chi connectivity index (χ1n) is 7.92. The van der Waals surface area contributed by atoms with Gasteiger partial charge in [0.05, 0.1) is 6.07 Å². The fraction of sp³-hybridized carbons (Fsp3) is 0.938. The standard InChI is InChI=1S/C16H29N3/c1-12(2)18-16(11-17)8-7-15(10-16)19-9-5-6-13(3)14(19)4/h12-15,18H,5-10H2,1-4H3. The average molecular weight is 263 g/mol. The Kier molecular flexibility index (Phi) is 4.53. The van der Waals surface area contributed by atoms with Crippen LogP contribution in [0.3, 0.4) is 0 Å². The molecule has 1 saturated heterocycles. The summed E-state index contributed by atoms with van der Waals surface area (Å²) >= 11 is 0. The van der Waals surface area contributed by atoms with Gasteiger partial charge in [0.2, 0.25) is 0 Å². The quantitative estimate of drug-likeness (QED) is 0.851. The molecule has 2 rings (SSSR count). The molecule has 4 atom stereocenters. The summed E-state index contributed by atoms with van der Waals surface area (Å²) in [7, 11) is 0. The van der Waals surface area contributed by atoms with Crippen LogP contribution in [0.15, 0.2) is 0 Å². The highest BCUT2D eigenvalue weighted by Gasteiger charge is 2.43. The Morgan fingerprint density at radius 1 is 1.32 bits per heavy atom. The third kappa shape index (κ3) is 3.12. The third-order valence-electron chi connectivity index (χ3n) is 5.16. The molecule has 0 bridgehead atoms. The van der Waals surface area contributed by atoms with Crippen LogP contribution in [-0.2, 0) is 0 Å². The molecule has 2 fully saturated rings. The van der Waals surface area contributed by atoms with Crippen molar-refractivity contribution in [3.8, 4) is 6.07 Å². The molecule has 1 aliphatic carbocycles. The minimum Gasteiger partial charge on any atom is -0.297 e. The monoisotopic (exact) mass is 263 g/mol. The predicted molar refractivity (Wildman–Crippen MR) is 78.8 cm³/mol. The lowest BCUT2D eigenvalue weighted by Crippen LogP contribution is -2.50. The Bertz CT molecular complexity index is 346. The molecule has 0 spiro atoms. The van der Waals surface area contributed by atoms with Gasteiger partial charge in [-0.2, -0.15) is 5.26 Å². The molecule has 4 unspecified atom stereocenters. The van der Waals surface area contributed by atoms with Crippen LogP contribution in [0.1, 0.15) is 59.8 Å². The van der Waals surface area contributed by atoms with Crippen LogP contribution in [0.2, 0.25) is 0 Å². The van der Waals surface area contributed by atoms with Gasteiger partial charge >= 0.3 is 0 Å². The van der Waals surface area contributed by atoms with E-state index in [1.54, 1.807) is 0 Å². The molecular formula is C16H29N3. The van der Waals surface area contributed by atoms with Gasteiger partial charge < -0.3 is 0 Å². The minimum absolute atomic E-state index is 0.279. The minimum atomic E-state index is -0.279. The van der Waals surface area contributed by atoms with Crippen molar-refractivity contribution in [1.82, 2.24) is 10.2 Å². The maximum atomic E-state index is 9.57. The Morgan fingerprint density at radius 2 is 2.05 bits per heavy atom. The molecule has 19 heavy (non-hydrogen) atoms. The maximum absolute atomic E-state index is 9.57. The number of nitriles is 1. The van der Waals surface area contributed by atoms with Crippen LogP contribution in [0.4, 0.5) is 0 Å². The summed E-state index contributed by atoms with van der Waals surface area (Å²) in [5.41, 5.74) is -0.279. The van der Waals surface area contributed by atoms with E-state index in [0.29, 0.717) is 18.1 Å². The lowest BCUT2D eigenvalue weighted by molar-refractivity contribution is 0.0680. The summed E-state index contributed by atoms with van der Waals surface area (Å²) < 4.78 is 0.